The summed E-state index contributed by atoms with van der Waals surface area (Å²) in [7, 11) is 0. The first-order chi connectivity index (χ1) is 10.9. The Morgan fingerprint density at radius 2 is 2.22 bits per heavy atom. The summed E-state index contributed by atoms with van der Waals surface area (Å²) in [4.78, 5) is 13.4. The summed E-state index contributed by atoms with van der Waals surface area (Å²) in [6.07, 6.45) is -3.34. The van der Waals surface area contributed by atoms with E-state index in [1.807, 2.05) is 0 Å². The van der Waals surface area contributed by atoms with Gasteiger partial charge in [-0.3, -0.25) is 4.79 Å². The number of halogens is 3. The third kappa shape index (κ3) is 3.95. The molecule has 7 heteroatoms. The van der Waals surface area contributed by atoms with Crippen LogP contribution in [-0.2, 0) is 15.7 Å². The number of hydrogen-bond acceptors (Lipinski definition) is 4. The van der Waals surface area contributed by atoms with Crippen molar-refractivity contribution in [1.82, 2.24) is 0 Å². The predicted molar refractivity (Wildman–Crippen MR) is 77.7 cm³/mol. The first kappa shape index (κ1) is 17.1. The highest BCUT2D eigenvalue weighted by Gasteiger charge is 2.37. The van der Waals surface area contributed by atoms with Crippen molar-refractivity contribution < 1.29 is 22.7 Å². The molecule has 23 heavy (non-hydrogen) atoms. The number of anilines is 1. The van der Waals surface area contributed by atoms with Gasteiger partial charge in [0.1, 0.15) is 0 Å². The van der Waals surface area contributed by atoms with Crippen LogP contribution in [0.25, 0.3) is 0 Å². The van der Waals surface area contributed by atoms with Gasteiger partial charge in [0.05, 0.1) is 29.7 Å². The third-order valence-electron chi connectivity index (χ3n) is 3.81. The topological polar surface area (TPSA) is 53.3 Å². The lowest BCUT2D eigenvalue weighted by Crippen LogP contribution is -2.40. The molecule has 4 nitrogen and oxygen atoms in total. The molecule has 1 aromatic rings. The van der Waals surface area contributed by atoms with Crippen molar-refractivity contribution >= 4 is 11.7 Å². The first-order valence-electron chi connectivity index (χ1n) is 7.39. The fourth-order valence-corrected chi connectivity index (χ4v) is 2.76. The maximum atomic E-state index is 13.3. The highest BCUT2D eigenvalue weighted by molar-refractivity contribution is 5.74. The van der Waals surface area contributed by atoms with Crippen LogP contribution >= 0.6 is 0 Å². The summed E-state index contributed by atoms with van der Waals surface area (Å²) >= 11 is 0. The monoisotopic (exact) mass is 326 g/mol. The molecule has 0 spiro atoms. The lowest BCUT2D eigenvalue weighted by atomic mass is 9.96. The van der Waals surface area contributed by atoms with Gasteiger partial charge < -0.3 is 9.64 Å². The van der Waals surface area contributed by atoms with Gasteiger partial charge in [0.15, 0.2) is 0 Å². The largest absolute Gasteiger partial charge is 0.466 e. The first-order valence-corrected chi connectivity index (χ1v) is 7.39. The Kier molecular flexibility index (Phi) is 5.14. The minimum absolute atomic E-state index is 0.00509. The molecule has 1 saturated heterocycles. The number of carbonyl (C=O) groups is 1. The number of nitrogens with zero attached hydrogens (tertiary/aromatic N) is 2. The van der Waals surface area contributed by atoms with Crippen LogP contribution in [0.15, 0.2) is 18.2 Å². The average Bonchev–Trinajstić information content (AvgIpc) is 2.54. The second kappa shape index (κ2) is 6.90. The van der Waals surface area contributed by atoms with Gasteiger partial charge in [0.2, 0.25) is 0 Å². The fourth-order valence-electron chi connectivity index (χ4n) is 2.76. The van der Waals surface area contributed by atoms with E-state index < -0.39 is 17.7 Å². The number of ether oxygens (including phenoxy) is 1. The van der Waals surface area contributed by atoms with Gasteiger partial charge in [-0.25, -0.2) is 0 Å². The Hall–Kier alpha value is -2.23. The van der Waals surface area contributed by atoms with Crippen LogP contribution in [0.1, 0.15) is 30.9 Å². The summed E-state index contributed by atoms with van der Waals surface area (Å²) < 4.78 is 44.8. The van der Waals surface area contributed by atoms with Crippen LogP contribution < -0.4 is 4.90 Å². The molecule has 0 aromatic heterocycles. The van der Waals surface area contributed by atoms with Crippen molar-refractivity contribution in [2.24, 2.45) is 5.92 Å². The molecule has 1 aliphatic rings. The number of carbonyl (C=O) groups excluding carboxylic acids is 1. The summed E-state index contributed by atoms with van der Waals surface area (Å²) in [6, 6.07) is 5.23. The molecule has 0 amide bonds. The lowest BCUT2D eigenvalue weighted by Gasteiger charge is -2.34. The molecule has 0 N–H and O–H groups in total. The fraction of sp³-hybridized carbons (Fsp3) is 0.500. The second-order valence-corrected chi connectivity index (χ2v) is 5.38. The summed E-state index contributed by atoms with van der Waals surface area (Å²) in [5, 5.41) is 8.81. The molecule has 0 radical (unpaired) electrons. The highest BCUT2D eigenvalue weighted by Crippen LogP contribution is 2.38. The molecule has 1 heterocycles. The van der Waals surface area contributed by atoms with E-state index in [0.29, 0.717) is 19.4 Å². The zero-order valence-corrected chi connectivity index (χ0v) is 12.7. The quantitative estimate of drug-likeness (QED) is 0.799. The van der Waals surface area contributed by atoms with E-state index in [9.17, 15) is 18.0 Å². The third-order valence-corrected chi connectivity index (χ3v) is 3.81. The van der Waals surface area contributed by atoms with Crippen molar-refractivity contribution in [3.8, 4) is 6.07 Å². The zero-order chi connectivity index (χ0) is 17.0. The highest BCUT2D eigenvalue weighted by atomic mass is 19.4. The molecule has 1 unspecified atom stereocenters. The number of hydrogen-bond donors (Lipinski definition) is 0. The van der Waals surface area contributed by atoms with Gasteiger partial charge in [-0.15, -0.1) is 0 Å². The summed E-state index contributed by atoms with van der Waals surface area (Å²) in [5.41, 5.74) is -0.883. The molecule has 0 aliphatic carbocycles. The molecule has 0 bridgehead atoms. The van der Waals surface area contributed by atoms with Gasteiger partial charge >= 0.3 is 12.1 Å². The summed E-state index contributed by atoms with van der Waals surface area (Å²) in [5.74, 6) is -0.806. The second-order valence-electron chi connectivity index (χ2n) is 5.38. The normalized spacial score (nSPS) is 18.4. The van der Waals surface area contributed by atoms with Crippen LogP contribution in [0.5, 0.6) is 0 Å². The molecule has 0 saturated carbocycles. The van der Waals surface area contributed by atoms with Crippen molar-refractivity contribution in [3.05, 3.63) is 29.3 Å². The molecular weight excluding hydrogens is 309 g/mol. The SMILES string of the molecule is CCOC(=O)C1CCCN(c2ccc(C#N)cc2C(F)(F)F)C1. The van der Waals surface area contributed by atoms with E-state index in [-0.39, 0.29) is 30.4 Å². The van der Waals surface area contributed by atoms with Gasteiger partial charge in [-0.05, 0) is 38.0 Å². The van der Waals surface area contributed by atoms with E-state index in [2.05, 4.69) is 0 Å². The lowest BCUT2D eigenvalue weighted by molar-refractivity contribution is -0.148. The van der Waals surface area contributed by atoms with Crippen LogP contribution in [0.2, 0.25) is 0 Å². The van der Waals surface area contributed by atoms with Crippen molar-refractivity contribution in [1.29, 1.82) is 5.26 Å². The number of rotatable bonds is 3. The minimum atomic E-state index is -4.56. The van der Waals surface area contributed by atoms with Gasteiger partial charge in [0, 0.05) is 18.8 Å². The molecule has 124 valence electrons. The maximum absolute atomic E-state index is 13.3. The van der Waals surface area contributed by atoms with Crippen LogP contribution in [0.3, 0.4) is 0 Å². The smallest absolute Gasteiger partial charge is 0.418 e. The summed E-state index contributed by atoms with van der Waals surface area (Å²) in [6.45, 7) is 2.57. The standard InChI is InChI=1S/C16H17F3N2O2/c1-2-23-15(22)12-4-3-7-21(10-12)14-6-5-11(9-20)8-13(14)16(17,18)19/h5-6,8,12H,2-4,7,10H2,1H3. The van der Waals surface area contributed by atoms with Crippen molar-refractivity contribution in [2.75, 3.05) is 24.6 Å². The number of piperidine rings is 1. The number of benzene rings is 1. The zero-order valence-electron chi connectivity index (χ0n) is 12.7. The van der Waals surface area contributed by atoms with E-state index in [1.165, 1.54) is 12.1 Å². The Bertz CT molecular complexity index is 623. The van der Waals surface area contributed by atoms with E-state index >= 15 is 0 Å². The maximum Gasteiger partial charge on any atom is 0.418 e. The van der Waals surface area contributed by atoms with E-state index in [0.717, 1.165) is 6.07 Å². The van der Waals surface area contributed by atoms with Crippen LogP contribution in [0, 0.1) is 17.2 Å². The van der Waals surface area contributed by atoms with E-state index in [1.54, 1.807) is 17.9 Å². The molecule has 2 rings (SSSR count). The van der Waals surface area contributed by atoms with Crippen LogP contribution in [0.4, 0.5) is 18.9 Å². The number of alkyl halides is 3. The Morgan fingerprint density at radius 3 is 2.83 bits per heavy atom. The molecular formula is C16H17F3N2O2. The average molecular weight is 326 g/mol. The molecule has 1 aromatic carbocycles. The van der Waals surface area contributed by atoms with Gasteiger partial charge in [0.25, 0.3) is 0 Å². The van der Waals surface area contributed by atoms with Gasteiger partial charge in [-0.2, -0.15) is 18.4 Å². The molecule has 1 aliphatic heterocycles. The molecule has 1 fully saturated rings. The Balaban J connectivity index is 2.30. The minimum Gasteiger partial charge on any atom is -0.466 e. The van der Waals surface area contributed by atoms with Crippen molar-refractivity contribution in [3.63, 3.8) is 0 Å². The van der Waals surface area contributed by atoms with Crippen LogP contribution in [-0.4, -0.2) is 25.7 Å². The predicted octanol–water partition coefficient (Wildman–Crippen LogP) is 3.36. The molecule has 1 atom stereocenters. The van der Waals surface area contributed by atoms with Gasteiger partial charge in [-0.1, -0.05) is 0 Å². The number of esters is 1. The number of nitriles is 1. The van der Waals surface area contributed by atoms with E-state index in [4.69, 9.17) is 10.00 Å². The Labute approximate surface area is 132 Å². The van der Waals surface area contributed by atoms with Crippen molar-refractivity contribution in [2.45, 2.75) is 25.9 Å². The Morgan fingerprint density at radius 1 is 1.48 bits per heavy atom.